The molecule has 4 atom stereocenters. The number of rotatable bonds is 12. The molecule has 150 valence electrons. The molecular weight excluding hydrogens is 362 g/mol. The third-order valence-corrected chi connectivity index (χ3v) is 11.8. The summed E-state index contributed by atoms with van der Waals surface area (Å²) in [6, 6.07) is 0. The van der Waals surface area contributed by atoms with Crippen molar-refractivity contribution in [2.24, 2.45) is 0 Å². The molecule has 1 saturated heterocycles. The van der Waals surface area contributed by atoms with Crippen molar-refractivity contribution in [3.8, 4) is 0 Å². The summed E-state index contributed by atoms with van der Waals surface area (Å²) in [5.41, 5.74) is 0.196. The normalized spacial score (nSPS) is 27.0. The fourth-order valence-electron chi connectivity index (χ4n) is 4.06. The van der Waals surface area contributed by atoms with Gasteiger partial charge >= 0.3 is 0 Å². The van der Waals surface area contributed by atoms with Crippen molar-refractivity contribution < 1.29 is 28.3 Å². The molecule has 0 aromatic carbocycles. The molecule has 1 aliphatic rings. The Bertz CT molecular complexity index is 414. The Labute approximate surface area is 153 Å². The van der Waals surface area contributed by atoms with Crippen LogP contribution in [0.2, 0.25) is 0 Å². The summed E-state index contributed by atoms with van der Waals surface area (Å²) in [6.07, 6.45) is 5.68. The van der Waals surface area contributed by atoms with Crippen molar-refractivity contribution in [1.82, 2.24) is 0 Å². The number of hydrogen-bond acceptors (Lipinski definition) is 6. The van der Waals surface area contributed by atoms with Gasteiger partial charge in [0.1, 0.15) is 11.8 Å². The lowest BCUT2D eigenvalue weighted by Gasteiger charge is -2.35. The van der Waals surface area contributed by atoms with Crippen LogP contribution in [-0.2, 0) is 18.3 Å². The molecule has 0 saturated carbocycles. The fourth-order valence-corrected chi connectivity index (χ4v) is 10.8. The highest BCUT2D eigenvalue weighted by atomic mass is 31.2. The average molecular weight is 398 g/mol. The first kappa shape index (κ1) is 23.5. The molecule has 1 heterocycles. The molecule has 8 heteroatoms. The van der Waals surface area contributed by atoms with Crippen LogP contribution in [0.15, 0.2) is 0 Å². The van der Waals surface area contributed by atoms with Crippen LogP contribution in [-0.4, -0.2) is 54.4 Å². The standard InChI is InChI=1S/C17H36O6P2/c1-6-9-24(10-7-2,11-8-3)16-12-17(18)22-15(16)13-21-25(19,20)23-14(4)5/h14-18H,6-13H2,1-5H3. The van der Waals surface area contributed by atoms with E-state index in [1.807, 2.05) is 0 Å². The number of ether oxygens (including phenoxy) is 1. The van der Waals surface area contributed by atoms with Crippen molar-refractivity contribution in [3.63, 3.8) is 0 Å². The van der Waals surface area contributed by atoms with Crippen LogP contribution >= 0.6 is 15.1 Å². The van der Waals surface area contributed by atoms with E-state index in [-0.39, 0.29) is 18.4 Å². The molecule has 1 N–H and O–H groups in total. The first-order chi connectivity index (χ1) is 11.7. The van der Waals surface area contributed by atoms with Gasteiger partial charge in [-0.05, 0) is 33.1 Å². The van der Waals surface area contributed by atoms with Gasteiger partial charge in [0.25, 0.3) is 7.82 Å². The Morgan fingerprint density at radius 2 is 1.72 bits per heavy atom. The molecule has 0 amide bonds. The van der Waals surface area contributed by atoms with E-state index in [0.29, 0.717) is 6.42 Å². The molecule has 0 bridgehead atoms. The molecule has 25 heavy (non-hydrogen) atoms. The zero-order valence-electron chi connectivity index (χ0n) is 16.3. The van der Waals surface area contributed by atoms with E-state index in [4.69, 9.17) is 13.8 Å². The van der Waals surface area contributed by atoms with Crippen molar-refractivity contribution >= 4 is 15.1 Å². The van der Waals surface area contributed by atoms with Crippen LogP contribution in [0.5, 0.6) is 0 Å². The summed E-state index contributed by atoms with van der Waals surface area (Å²) >= 11 is 0. The SMILES string of the molecule is CCC[P+](CCC)(CCC)C1CC(O)OC1COP(=O)([O-])OC(C)C. The fraction of sp³-hybridized carbons (Fsp3) is 1.00. The lowest BCUT2D eigenvalue weighted by atomic mass is 10.2. The minimum absolute atomic E-state index is 0.0753. The Morgan fingerprint density at radius 1 is 1.20 bits per heavy atom. The molecule has 0 aliphatic carbocycles. The Balaban J connectivity index is 2.91. The quantitative estimate of drug-likeness (QED) is 0.505. The van der Waals surface area contributed by atoms with Crippen LogP contribution < -0.4 is 4.89 Å². The van der Waals surface area contributed by atoms with Crippen LogP contribution in [0.25, 0.3) is 0 Å². The Hall–Kier alpha value is 0.460. The Kier molecular flexibility index (Phi) is 10.1. The predicted octanol–water partition coefficient (Wildman–Crippen LogP) is 3.62. The summed E-state index contributed by atoms with van der Waals surface area (Å²) in [5.74, 6) is 0. The van der Waals surface area contributed by atoms with Crippen LogP contribution in [0.1, 0.15) is 60.3 Å². The summed E-state index contributed by atoms with van der Waals surface area (Å²) in [6.45, 7) is 9.80. The maximum atomic E-state index is 11.9. The average Bonchev–Trinajstić information content (AvgIpc) is 2.86. The molecule has 1 fully saturated rings. The van der Waals surface area contributed by atoms with E-state index in [1.165, 1.54) is 0 Å². The van der Waals surface area contributed by atoms with E-state index >= 15 is 0 Å². The number of hydrogen-bond donors (Lipinski definition) is 1. The molecule has 1 aliphatic heterocycles. The minimum atomic E-state index is -4.35. The van der Waals surface area contributed by atoms with Crippen LogP contribution in [0, 0.1) is 0 Å². The van der Waals surface area contributed by atoms with Gasteiger partial charge < -0.3 is 23.8 Å². The molecule has 1 rings (SSSR count). The van der Waals surface area contributed by atoms with Gasteiger partial charge in [0.05, 0.1) is 31.2 Å². The highest BCUT2D eigenvalue weighted by Gasteiger charge is 2.52. The molecule has 6 nitrogen and oxygen atoms in total. The lowest BCUT2D eigenvalue weighted by molar-refractivity contribution is -0.231. The van der Waals surface area contributed by atoms with E-state index in [9.17, 15) is 14.6 Å². The Morgan fingerprint density at radius 3 is 2.16 bits per heavy atom. The topological polar surface area (TPSA) is 88.0 Å². The zero-order chi connectivity index (χ0) is 19.1. The third-order valence-electron chi connectivity index (χ3n) is 4.65. The third kappa shape index (κ3) is 7.18. The second kappa shape index (κ2) is 10.7. The monoisotopic (exact) mass is 398 g/mol. The maximum Gasteiger partial charge on any atom is 0.268 e. The molecule has 0 radical (unpaired) electrons. The van der Waals surface area contributed by atoms with Gasteiger partial charge in [-0.3, -0.25) is 4.57 Å². The highest BCUT2D eigenvalue weighted by Crippen LogP contribution is 2.68. The predicted molar refractivity (Wildman–Crippen MR) is 101 cm³/mol. The minimum Gasteiger partial charge on any atom is -0.756 e. The van der Waals surface area contributed by atoms with Gasteiger partial charge in [-0.2, -0.15) is 0 Å². The summed E-state index contributed by atoms with van der Waals surface area (Å²) in [5, 5.41) is 10.1. The number of phosphoric acid groups is 1. The van der Waals surface area contributed by atoms with Gasteiger partial charge in [0.2, 0.25) is 0 Å². The van der Waals surface area contributed by atoms with E-state index in [0.717, 1.165) is 37.7 Å². The second-order valence-electron chi connectivity index (χ2n) is 7.22. The highest BCUT2D eigenvalue weighted by molar-refractivity contribution is 7.76. The largest absolute Gasteiger partial charge is 0.756 e. The molecule has 0 spiro atoms. The van der Waals surface area contributed by atoms with Crippen molar-refractivity contribution in [2.75, 3.05) is 25.1 Å². The van der Waals surface area contributed by atoms with Gasteiger partial charge in [-0.25, -0.2) is 0 Å². The first-order valence-corrected chi connectivity index (χ1v) is 13.4. The van der Waals surface area contributed by atoms with Crippen molar-refractivity contribution in [3.05, 3.63) is 0 Å². The summed E-state index contributed by atoms with van der Waals surface area (Å²) in [7, 11) is -5.69. The van der Waals surface area contributed by atoms with Crippen molar-refractivity contribution in [1.29, 1.82) is 0 Å². The van der Waals surface area contributed by atoms with Crippen LogP contribution in [0.3, 0.4) is 0 Å². The zero-order valence-corrected chi connectivity index (χ0v) is 18.1. The van der Waals surface area contributed by atoms with Gasteiger partial charge in [0, 0.05) is 13.7 Å². The number of phosphoric ester groups is 1. The smallest absolute Gasteiger partial charge is 0.268 e. The van der Waals surface area contributed by atoms with E-state index in [1.54, 1.807) is 13.8 Å². The van der Waals surface area contributed by atoms with E-state index < -0.39 is 27.5 Å². The van der Waals surface area contributed by atoms with Gasteiger partial charge in [-0.1, -0.05) is 20.8 Å². The molecule has 0 aromatic heterocycles. The second-order valence-corrected chi connectivity index (χ2v) is 13.0. The molecule has 4 unspecified atom stereocenters. The number of aliphatic hydroxyl groups is 1. The van der Waals surface area contributed by atoms with Gasteiger partial charge in [0.15, 0.2) is 6.29 Å². The first-order valence-electron chi connectivity index (χ1n) is 9.53. The number of aliphatic hydroxyl groups excluding tert-OH is 1. The van der Waals surface area contributed by atoms with Gasteiger partial charge in [-0.15, -0.1) is 0 Å². The van der Waals surface area contributed by atoms with Crippen LogP contribution in [0.4, 0.5) is 0 Å². The molecular formula is C17H36O6P2. The summed E-state index contributed by atoms with van der Waals surface area (Å²) < 4.78 is 27.5. The summed E-state index contributed by atoms with van der Waals surface area (Å²) in [4.78, 5) is 11.9. The molecule has 0 aromatic rings. The van der Waals surface area contributed by atoms with E-state index in [2.05, 4.69) is 20.8 Å². The lowest BCUT2D eigenvalue weighted by Crippen LogP contribution is -2.33. The maximum absolute atomic E-state index is 11.9. The van der Waals surface area contributed by atoms with Crippen molar-refractivity contribution in [2.45, 2.75) is 84.5 Å².